The number of para-hydroxylation sites is 1. The van der Waals surface area contributed by atoms with Crippen molar-refractivity contribution in [1.82, 2.24) is 4.57 Å². The summed E-state index contributed by atoms with van der Waals surface area (Å²) < 4.78 is 4.98. The molecular formula is C38H25N3S. The fourth-order valence-electron chi connectivity index (χ4n) is 6.22. The molecule has 1 atom stereocenters. The van der Waals surface area contributed by atoms with Crippen LogP contribution in [-0.2, 0) is 0 Å². The van der Waals surface area contributed by atoms with Gasteiger partial charge in [-0.1, -0.05) is 84.9 Å². The van der Waals surface area contributed by atoms with Crippen molar-refractivity contribution in [3.05, 3.63) is 150 Å². The van der Waals surface area contributed by atoms with E-state index < -0.39 is 0 Å². The molecule has 0 saturated carbocycles. The van der Waals surface area contributed by atoms with E-state index in [1.807, 2.05) is 29.5 Å². The van der Waals surface area contributed by atoms with Crippen molar-refractivity contribution in [2.45, 2.75) is 6.04 Å². The third-order valence-electron chi connectivity index (χ3n) is 8.27. The lowest BCUT2D eigenvalue weighted by molar-refractivity contribution is 0.870. The van der Waals surface area contributed by atoms with Gasteiger partial charge >= 0.3 is 0 Å². The van der Waals surface area contributed by atoms with Crippen LogP contribution in [0.4, 0.5) is 0 Å². The van der Waals surface area contributed by atoms with Gasteiger partial charge in [-0.25, -0.2) is 0 Å². The predicted octanol–water partition coefficient (Wildman–Crippen LogP) is 9.74. The van der Waals surface area contributed by atoms with Gasteiger partial charge in [-0.3, -0.25) is 0 Å². The third-order valence-corrected chi connectivity index (χ3v) is 9.49. The van der Waals surface area contributed by atoms with Crippen LogP contribution in [0.25, 0.3) is 58.8 Å². The average molecular weight is 556 g/mol. The molecule has 0 saturated heterocycles. The Morgan fingerprint density at radius 3 is 2.21 bits per heavy atom. The number of nitrogens with two attached hydrogens (primary N) is 1. The van der Waals surface area contributed by atoms with E-state index in [2.05, 4.69) is 120 Å². The minimum absolute atomic E-state index is 0.301. The monoisotopic (exact) mass is 555 g/mol. The summed E-state index contributed by atoms with van der Waals surface area (Å²) in [6, 6.07) is 48.7. The first-order valence-electron chi connectivity index (χ1n) is 14.0. The van der Waals surface area contributed by atoms with Crippen LogP contribution in [0.2, 0.25) is 0 Å². The van der Waals surface area contributed by atoms with Gasteiger partial charge < -0.3 is 10.3 Å². The Hall–Kier alpha value is -5.21. The highest BCUT2D eigenvalue weighted by Gasteiger charge is 2.16. The zero-order valence-corrected chi connectivity index (χ0v) is 23.5. The summed E-state index contributed by atoms with van der Waals surface area (Å²) in [5.41, 5.74) is 15.1. The Bertz CT molecular complexity index is 2330. The van der Waals surface area contributed by atoms with Crippen LogP contribution in [-0.4, -0.2) is 4.57 Å². The summed E-state index contributed by atoms with van der Waals surface area (Å²) in [7, 11) is 0. The first-order chi connectivity index (χ1) is 20.7. The Kier molecular flexibility index (Phi) is 5.68. The van der Waals surface area contributed by atoms with E-state index in [1.54, 1.807) is 6.07 Å². The maximum Gasteiger partial charge on any atom is 0.0991 e. The molecule has 0 aliphatic carbocycles. The van der Waals surface area contributed by atoms with Gasteiger partial charge in [-0.05, 0) is 70.8 Å². The number of rotatable bonds is 4. The Balaban J connectivity index is 1.25. The van der Waals surface area contributed by atoms with E-state index in [0.29, 0.717) is 5.56 Å². The molecule has 2 aromatic heterocycles. The molecule has 0 amide bonds. The fraction of sp³-hybridized carbons (Fsp3) is 0.0263. The van der Waals surface area contributed by atoms with E-state index >= 15 is 0 Å². The number of hydrogen-bond acceptors (Lipinski definition) is 3. The van der Waals surface area contributed by atoms with E-state index in [4.69, 9.17) is 5.73 Å². The van der Waals surface area contributed by atoms with E-state index in [0.717, 1.165) is 16.8 Å². The van der Waals surface area contributed by atoms with Gasteiger partial charge in [0.2, 0.25) is 0 Å². The zero-order chi connectivity index (χ0) is 28.2. The number of nitrogens with zero attached hydrogens (tertiary/aromatic N) is 2. The van der Waals surface area contributed by atoms with Gasteiger partial charge in [0, 0.05) is 36.6 Å². The van der Waals surface area contributed by atoms with E-state index in [-0.39, 0.29) is 6.04 Å². The molecule has 8 aromatic rings. The number of benzene rings is 6. The molecule has 4 heteroatoms. The molecule has 0 fully saturated rings. The molecule has 0 spiro atoms. The summed E-state index contributed by atoms with van der Waals surface area (Å²) in [5, 5.41) is 14.4. The van der Waals surface area contributed by atoms with Crippen LogP contribution in [0.1, 0.15) is 22.7 Å². The minimum atomic E-state index is -0.301. The number of aromatic nitrogens is 1. The van der Waals surface area contributed by atoms with Crippen LogP contribution < -0.4 is 5.73 Å². The largest absolute Gasteiger partial charge is 0.320 e. The van der Waals surface area contributed by atoms with Crippen molar-refractivity contribution in [2.24, 2.45) is 5.73 Å². The Labute approximate surface area is 247 Å². The maximum atomic E-state index is 9.30. The van der Waals surface area contributed by atoms with Crippen molar-refractivity contribution in [3.8, 4) is 22.9 Å². The lowest BCUT2D eigenvalue weighted by Crippen LogP contribution is -2.12. The molecule has 0 radical (unpaired) electrons. The molecule has 8 rings (SSSR count). The zero-order valence-electron chi connectivity index (χ0n) is 22.7. The second-order valence-electron chi connectivity index (χ2n) is 10.7. The maximum absolute atomic E-state index is 9.30. The van der Waals surface area contributed by atoms with Crippen molar-refractivity contribution < 1.29 is 0 Å². The average Bonchev–Trinajstić information content (AvgIpc) is 3.60. The molecule has 0 bridgehead atoms. The topological polar surface area (TPSA) is 54.7 Å². The van der Waals surface area contributed by atoms with Gasteiger partial charge in [0.1, 0.15) is 0 Å². The lowest BCUT2D eigenvalue weighted by atomic mass is 9.98. The normalized spacial score (nSPS) is 12.3. The van der Waals surface area contributed by atoms with Crippen molar-refractivity contribution in [1.29, 1.82) is 5.26 Å². The molecule has 3 nitrogen and oxygen atoms in total. The molecule has 0 unspecified atom stereocenters. The summed E-state index contributed by atoms with van der Waals surface area (Å²) in [6.45, 7) is 0. The van der Waals surface area contributed by atoms with Crippen LogP contribution in [0.3, 0.4) is 0 Å². The van der Waals surface area contributed by atoms with Crippen LogP contribution in [0.5, 0.6) is 0 Å². The van der Waals surface area contributed by atoms with Crippen molar-refractivity contribution >= 4 is 53.3 Å². The first-order valence-corrected chi connectivity index (χ1v) is 14.8. The lowest BCUT2D eigenvalue weighted by Gasteiger charge is -2.15. The quantitative estimate of drug-likeness (QED) is 0.235. The van der Waals surface area contributed by atoms with Crippen LogP contribution in [0.15, 0.2) is 133 Å². The first kappa shape index (κ1) is 24.6. The van der Waals surface area contributed by atoms with Gasteiger partial charge in [-0.15, -0.1) is 11.3 Å². The van der Waals surface area contributed by atoms with Crippen LogP contribution in [0, 0.1) is 11.3 Å². The second kappa shape index (κ2) is 9.71. The van der Waals surface area contributed by atoms with Gasteiger partial charge in [0.15, 0.2) is 0 Å². The van der Waals surface area contributed by atoms with Gasteiger partial charge in [0.25, 0.3) is 0 Å². The molecular weight excluding hydrogens is 531 g/mol. The highest BCUT2D eigenvalue weighted by Crippen LogP contribution is 2.41. The van der Waals surface area contributed by atoms with E-state index in [1.165, 1.54) is 53.1 Å². The van der Waals surface area contributed by atoms with Gasteiger partial charge in [-0.2, -0.15) is 5.26 Å². The predicted molar refractivity (Wildman–Crippen MR) is 176 cm³/mol. The van der Waals surface area contributed by atoms with Gasteiger partial charge in [0.05, 0.1) is 28.7 Å². The minimum Gasteiger partial charge on any atom is -0.320 e. The second-order valence-corrected chi connectivity index (χ2v) is 11.7. The third kappa shape index (κ3) is 3.83. The highest BCUT2D eigenvalue weighted by atomic mass is 32.1. The summed E-state index contributed by atoms with van der Waals surface area (Å²) >= 11 is 1.87. The summed E-state index contributed by atoms with van der Waals surface area (Å²) in [6.07, 6.45) is 0. The fourth-order valence-corrected chi connectivity index (χ4v) is 7.46. The number of nitriles is 1. The molecule has 2 N–H and O–H groups in total. The van der Waals surface area contributed by atoms with E-state index in [9.17, 15) is 5.26 Å². The Morgan fingerprint density at radius 2 is 1.36 bits per heavy atom. The Morgan fingerprint density at radius 1 is 0.619 bits per heavy atom. The molecule has 0 aliphatic rings. The van der Waals surface area contributed by atoms with Crippen molar-refractivity contribution in [3.63, 3.8) is 0 Å². The molecule has 42 heavy (non-hydrogen) atoms. The molecule has 2 heterocycles. The number of thiophene rings is 1. The molecule has 6 aromatic carbocycles. The SMILES string of the molecule is N#Cc1cccc([C@@H](N)c2ccc(-n3c4ccccc4c4cc(-c5cccc6c5sc5ccccc56)ccc43)cc2)c1. The van der Waals surface area contributed by atoms with Crippen molar-refractivity contribution in [2.75, 3.05) is 0 Å². The number of fused-ring (bicyclic) bond motifs is 6. The van der Waals surface area contributed by atoms with Crippen LogP contribution >= 0.6 is 11.3 Å². The summed E-state index contributed by atoms with van der Waals surface area (Å²) in [5.74, 6) is 0. The highest BCUT2D eigenvalue weighted by molar-refractivity contribution is 7.26. The standard InChI is InChI=1S/C38H25N3S/c39-23-24-7-5-8-27(21-24)37(40)25-15-18-28(19-16-25)41-34-13-3-1-9-30(34)33-22-26(17-20-35(33)41)29-11-6-12-32-31-10-2-4-14-36(31)42-38(29)32/h1-22,37H,40H2/t37-/m0/s1. The smallest absolute Gasteiger partial charge is 0.0991 e. The molecule has 198 valence electrons. The number of hydrogen-bond donors (Lipinski definition) is 1. The molecule has 0 aliphatic heterocycles. The summed E-state index contributed by atoms with van der Waals surface area (Å²) in [4.78, 5) is 0.